The summed E-state index contributed by atoms with van der Waals surface area (Å²) < 4.78 is 29.6. The van der Waals surface area contributed by atoms with E-state index in [4.69, 9.17) is 9.47 Å². The quantitative estimate of drug-likeness (QED) is 0.465. The van der Waals surface area contributed by atoms with Gasteiger partial charge in [0.15, 0.2) is 5.82 Å². The molecule has 0 aliphatic rings. The van der Waals surface area contributed by atoms with Crippen LogP contribution in [0.2, 0.25) is 0 Å². The van der Waals surface area contributed by atoms with Gasteiger partial charge in [0.1, 0.15) is 11.2 Å². The van der Waals surface area contributed by atoms with Crippen molar-refractivity contribution in [2.75, 3.05) is 12.0 Å². The van der Waals surface area contributed by atoms with E-state index < -0.39 is 40.9 Å². The van der Waals surface area contributed by atoms with Crippen LogP contribution in [0.5, 0.6) is 0 Å². The molecule has 2 amide bonds. The number of amides is 2. The Morgan fingerprint density at radius 3 is 1.78 bits per heavy atom. The number of anilines is 1. The predicted octanol–water partition coefficient (Wildman–Crippen LogP) is 5.05. The number of rotatable bonds is 2. The maximum atomic E-state index is 14.7. The third kappa shape index (κ3) is 6.50. The van der Waals surface area contributed by atoms with Crippen LogP contribution in [0.4, 0.5) is 19.7 Å². The van der Waals surface area contributed by atoms with Crippen molar-refractivity contribution >= 4 is 39.8 Å². The Kier molecular flexibility index (Phi) is 6.99. The predicted molar refractivity (Wildman–Crippen MR) is 100 cm³/mol. The van der Waals surface area contributed by atoms with Crippen molar-refractivity contribution < 1.29 is 33.0 Å². The summed E-state index contributed by atoms with van der Waals surface area (Å²) in [5.74, 6) is -1.72. The summed E-state index contributed by atoms with van der Waals surface area (Å²) in [4.78, 5) is 37.4. The zero-order valence-corrected chi connectivity index (χ0v) is 17.9. The molecular formula is C18H23BrFNO6. The maximum absolute atomic E-state index is 14.7. The van der Waals surface area contributed by atoms with Crippen molar-refractivity contribution in [2.24, 2.45) is 0 Å². The Bertz CT molecular complexity index is 723. The second-order valence-corrected chi connectivity index (χ2v) is 8.43. The number of hydrogen-bond acceptors (Lipinski definition) is 6. The first kappa shape index (κ1) is 22.9. The fourth-order valence-corrected chi connectivity index (χ4v) is 2.31. The molecule has 7 nitrogen and oxygen atoms in total. The highest BCUT2D eigenvalue weighted by molar-refractivity contribution is 9.10. The van der Waals surface area contributed by atoms with E-state index in [-0.39, 0.29) is 10.0 Å². The molecule has 0 aliphatic heterocycles. The van der Waals surface area contributed by atoms with Gasteiger partial charge in [-0.05, 0) is 69.6 Å². The number of nitrogens with zero attached hydrogens (tertiary/aromatic N) is 1. The molecule has 0 spiro atoms. The van der Waals surface area contributed by atoms with Crippen molar-refractivity contribution in [3.05, 3.63) is 28.0 Å². The minimum Gasteiger partial charge on any atom is -0.465 e. The van der Waals surface area contributed by atoms with E-state index in [9.17, 15) is 18.8 Å². The smallest absolute Gasteiger partial charge is 0.424 e. The van der Waals surface area contributed by atoms with Crippen LogP contribution >= 0.6 is 15.9 Å². The first-order valence-corrected chi connectivity index (χ1v) is 8.79. The zero-order chi connectivity index (χ0) is 21.2. The third-order valence-electron chi connectivity index (χ3n) is 2.82. The Morgan fingerprint density at radius 2 is 1.41 bits per heavy atom. The number of halogens is 2. The van der Waals surface area contributed by atoms with Gasteiger partial charge >= 0.3 is 18.2 Å². The fraction of sp³-hybridized carbons (Fsp3) is 0.500. The lowest BCUT2D eigenvalue weighted by molar-refractivity contribution is 0.0426. The highest BCUT2D eigenvalue weighted by Crippen LogP contribution is 2.31. The molecule has 0 saturated heterocycles. The first-order chi connectivity index (χ1) is 12.2. The summed E-state index contributed by atoms with van der Waals surface area (Å²) in [6, 6.07) is 2.19. The van der Waals surface area contributed by atoms with Gasteiger partial charge in [-0.1, -0.05) is 0 Å². The molecule has 0 heterocycles. The molecule has 1 aromatic rings. The Balaban J connectivity index is 3.54. The SMILES string of the molecule is COC(=O)c1cc(Br)c(F)c(N(C(=O)OC(C)(C)C)C(=O)OC(C)(C)C)c1. The number of benzene rings is 1. The lowest BCUT2D eigenvalue weighted by Crippen LogP contribution is -2.44. The van der Waals surface area contributed by atoms with E-state index in [2.05, 4.69) is 20.7 Å². The zero-order valence-electron chi connectivity index (χ0n) is 16.3. The van der Waals surface area contributed by atoms with Gasteiger partial charge in [0.25, 0.3) is 0 Å². The van der Waals surface area contributed by atoms with Crippen LogP contribution in [0.3, 0.4) is 0 Å². The molecule has 0 atom stereocenters. The molecular weight excluding hydrogens is 425 g/mol. The lowest BCUT2D eigenvalue weighted by Gasteiger charge is -2.29. The average Bonchev–Trinajstić information content (AvgIpc) is 2.47. The van der Waals surface area contributed by atoms with Crippen molar-refractivity contribution in [3.63, 3.8) is 0 Å². The van der Waals surface area contributed by atoms with Crippen LogP contribution in [0, 0.1) is 5.82 Å². The topological polar surface area (TPSA) is 82.1 Å². The standard InChI is InChI=1S/C18H23BrFNO6/c1-17(2,3)26-15(23)21(16(24)27-18(4,5)6)12-9-10(14(22)25-7)8-11(19)13(12)20/h8-9H,1-7H3. The largest absolute Gasteiger partial charge is 0.465 e. The summed E-state index contributed by atoms with van der Waals surface area (Å²) in [5, 5.41) is 0. The van der Waals surface area contributed by atoms with Crippen LogP contribution in [-0.4, -0.2) is 36.5 Å². The maximum Gasteiger partial charge on any atom is 0.424 e. The molecule has 0 fully saturated rings. The number of esters is 1. The van der Waals surface area contributed by atoms with Gasteiger partial charge in [0.05, 0.1) is 22.8 Å². The summed E-state index contributed by atoms with van der Waals surface area (Å²) in [6.07, 6.45) is -2.30. The van der Waals surface area contributed by atoms with Crippen LogP contribution in [0.25, 0.3) is 0 Å². The molecule has 0 radical (unpaired) electrons. The van der Waals surface area contributed by atoms with Crippen LogP contribution < -0.4 is 4.90 Å². The van der Waals surface area contributed by atoms with Gasteiger partial charge in [-0.15, -0.1) is 0 Å². The number of ether oxygens (including phenoxy) is 3. The van der Waals surface area contributed by atoms with Gasteiger partial charge in [0, 0.05) is 0 Å². The van der Waals surface area contributed by atoms with Crippen molar-refractivity contribution in [2.45, 2.75) is 52.7 Å². The van der Waals surface area contributed by atoms with E-state index in [1.807, 2.05) is 0 Å². The second-order valence-electron chi connectivity index (χ2n) is 7.58. The van der Waals surface area contributed by atoms with Crippen molar-refractivity contribution in [1.82, 2.24) is 0 Å². The molecule has 9 heteroatoms. The highest BCUT2D eigenvalue weighted by atomic mass is 79.9. The molecule has 0 unspecified atom stereocenters. The minimum atomic E-state index is -1.15. The van der Waals surface area contributed by atoms with Crippen molar-refractivity contribution in [1.29, 1.82) is 0 Å². The summed E-state index contributed by atoms with van der Waals surface area (Å²) in [5.41, 5.74) is -2.48. The van der Waals surface area contributed by atoms with Gasteiger partial charge < -0.3 is 14.2 Å². The van der Waals surface area contributed by atoms with Gasteiger partial charge in [-0.3, -0.25) is 0 Å². The minimum absolute atomic E-state index is 0.0714. The molecule has 0 aliphatic carbocycles. The molecule has 0 aromatic heterocycles. The molecule has 0 N–H and O–H groups in total. The Labute approximate surface area is 165 Å². The molecule has 27 heavy (non-hydrogen) atoms. The molecule has 0 saturated carbocycles. The Morgan fingerprint density at radius 1 is 0.963 bits per heavy atom. The lowest BCUT2D eigenvalue weighted by atomic mass is 10.1. The molecule has 1 rings (SSSR count). The van der Waals surface area contributed by atoms with Crippen LogP contribution in [-0.2, 0) is 14.2 Å². The van der Waals surface area contributed by atoms with E-state index >= 15 is 0 Å². The third-order valence-corrected chi connectivity index (χ3v) is 3.40. The van der Waals surface area contributed by atoms with Crippen LogP contribution in [0.1, 0.15) is 51.9 Å². The summed E-state index contributed by atoms with van der Waals surface area (Å²) >= 11 is 2.97. The fourth-order valence-electron chi connectivity index (χ4n) is 1.86. The van der Waals surface area contributed by atoms with Gasteiger partial charge in [0.2, 0.25) is 0 Å². The van der Waals surface area contributed by atoms with Crippen LogP contribution in [0.15, 0.2) is 16.6 Å². The van der Waals surface area contributed by atoms with Gasteiger partial charge in [-0.2, -0.15) is 4.90 Å². The number of hydrogen-bond donors (Lipinski definition) is 0. The molecule has 1 aromatic carbocycles. The van der Waals surface area contributed by atoms with E-state index in [1.54, 1.807) is 41.5 Å². The normalized spacial score (nSPS) is 11.6. The summed E-state index contributed by atoms with van der Waals surface area (Å²) in [7, 11) is 1.15. The summed E-state index contributed by atoms with van der Waals surface area (Å²) in [6.45, 7) is 9.56. The van der Waals surface area contributed by atoms with Crippen molar-refractivity contribution in [3.8, 4) is 0 Å². The van der Waals surface area contributed by atoms with Gasteiger partial charge in [-0.25, -0.2) is 18.8 Å². The van der Waals surface area contributed by atoms with E-state index in [0.29, 0.717) is 4.90 Å². The molecule has 0 bridgehead atoms. The monoisotopic (exact) mass is 447 g/mol. The number of carbonyl (C=O) groups is 3. The molecule has 150 valence electrons. The number of imide groups is 1. The number of methoxy groups -OCH3 is 1. The van der Waals surface area contributed by atoms with E-state index in [1.165, 1.54) is 6.07 Å². The highest BCUT2D eigenvalue weighted by Gasteiger charge is 2.35. The number of carbonyl (C=O) groups excluding carboxylic acids is 3. The second kappa shape index (κ2) is 8.24. The average molecular weight is 448 g/mol. The first-order valence-electron chi connectivity index (χ1n) is 7.99. The van der Waals surface area contributed by atoms with E-state index in [0.717, 1.165) is 13.2 Å². The Hall–Kier alpha value is -2.16.